The topological polar surface area (TPSA) is 132 Å². The molecule has 7 rings (SSSR count). The van der Waals surface area contributed by atoms with Gasteiger partial charge in [0, 0.05) is 23.4 Å². The van der Waals surface area contributed by atoms with E-state index in [1.54, 1.807) is 53.2 Å². The molecule has 11 nitrogen and oxygen atoms in total. The molecular formula is C41H37N3O8. The minimum atomic E-state index is -0.970. The van der Waals surface area contributed by atoms with Gasteiger partial charge in [-0.1, -0.05) is 41.1 Å². The second-order valence-electron chi connectivity index (χ2n) is 12.5. The van der Waals surface area contributed by atoms with E-state index >= 15 is 0 Å². The van der Waals surface area contributed by atoms with Crippen molar-refractivity contribution < 1.29 is 33.0 Å². The first-order valence-corrected chi connectivity index (χ1v) is 17.2. The van der Waals surface area contributed by atoms with Crippen LogP contribution in [0.25, 0.3) is 22.3 Å². The molecule has 3 heterocycles. The van der Waals surface area contributed by atoms with Crippen LogP contribution in [0, 0.1) is 6.92 Å². The highest BCUT2D eigenvalue weighted by Gasteiger charge is 2.36. The number of para-hydroxylation sites is 1. The van der Waals surface area contributed by atoms with Gasteiger partial charge in [-0.25, -0.2) is 4.68 Å². The van der Waals surface area contributed by atoms with Gasteiger partial charge in [0.1, 0.15) is 35.2 Å². The Morgan fingerprint density at radius 2 is 1.56 bits per heavy atom. The van der Waals surface area contributed by atoms with Crippen LogP contribution in [0.2, 0.25) is 0 Å². The fourth-order valence-corrected chi connectivity index (χ4v) is 5.91. The maximum atomic E-state index is 12.6. The van der Waals surface area contributed by atoms with E-state index in [0.717, 1.165) is 41.8 Å². The van der Waals surface area contributed by atoms with Crippen molar-refractivity contribution in [3.8, 4) is 28.6 Å². The van der Waals surface area contributed by atoms with Crippen molar-refractivity contribution in [2.24, 2.45) is 0 Å². The Bertz CT molecular complexity index is 2240. The number of benzene rings is 4. The van der Waals surface area contributed by atoms with Crippen molar-refractivity contribution in [1.82, 2.24) is 15.0 Å². The normalized spacial score (nSPS) is 13.9. The monoisotopic (exact) mass is 699 g/mol. The lowest BCUT2D eigenvalue weighted by molar-refractivity contribution is -0.122. The van der Waals surface area contributed by atoms with Gasteiger partial charge in [-0.05, 0) is 86.8 Å². The molecule has 0 radical (unpaired) electrons. The van der Waals surface area contributed by atoms with Crippen LogP contribution < -0.4 is 19.6 Å². The molecular weight excluding hydrogens is 662 g/mol. The number of Topliss-reactive ketones (excluding diaryl/α,β-unsaturated/α-hetero) is 2. The zero-order valence-electron chi connectivity index (χ0n) is 28.7. The van der Waals surface area contributed by atoms with Crippen LogP contribution in [0.3, 0.4) is 0 Å². The molecule has 0 saturated heterocycles. The SMILES string of the molecule is Cc1ccc2oc(-c3ccc(OCCCCc4cn(CCOCCOc5ccc(C6Oc7ccccc7C(=O)C6=O)cc5)nn4)cc3)cc(=O)c2c1. The molecule has 0 bridgehead atoms. The third-order valence-corrected chi connectivity index (χ3v) is 8.69. The number of aromatic nitrogens is 3. The van der Waals surface area contributed by atoms with Crippen molar-refractivity contribution in [1.29, 1.82) is 0 Å². The third-order valence-electron chi connectivity index (χ3n) is 8.69. The predicted octanol–water partition coefficient (Wildman–Crippen LogP) is 6.74. The Morgan fingerprint density at radius 1 is 0.788 bits per heavy atom. The maximum absolute atomic E-state index is 12.6. The van der Waals surface area contributed by atoms with Crippen LogP contribution in [0.1, 0.15) is 46.1 Å². The summed E-state index contributed by atoms with van der Waals surface area (Å²) < 4.78 is 31.0. The molecule has 0 fully saturated rings. The molecule has 0 amide bonds. The van der Waals surface area contributed by atoms with Crippen molar-refractivity contribution in [3.63, 3.8) is 0 Å². The minimum absolute atomic E-state index is 0.0594. The average Bonchev–Trinajstić information content (AvgIpc) is 3.62. The first-order chi connectivity index (χ1) is 25.4. The second-order valence-corrected chi connectivity index (χ2v) is 12.5. The van der Waals surface area contributed by atoms with Gasteiger partial charge in [-0.2, -0.15) is 0 Å². The number of hydrogen-bond donors (Lipinski definition) is 0. The van der Waals surface area contributed by atoms with E-state index in [2.05, 4.69) is 10.3 Å². The average molecular weight is 700 g/mol. The molecule has 264 valence electrons. The summed E-state index contributed by atoms with van der Waals surface area (Å²) in [7, 11) is 0. The molecule has 1 aliphatic heterocycles. The summed E-state index contributed by atoms with van der Waals surface area (Å²) >= 11 is 0. The molecule has 0 aliphatic carbocycles. The fraction of sp³-hybridized carbons (Fsp3) is 0.244. The van der Waals surface area contributed by atoms with Crippen LogP contribution in [0.5, 0.6) is 17.2 Å². The molecule has 0 N–H and O–H groups in total. The van der Waals surface area contributed by atoms with Crippen molar-refractivity contribution >= 4 is 22.5 Å². The lowest BCUT2D eigenvalue weighted by Crippen LogP contribution is -2.31. The van der Waals surface area contributed by atoms with Gasteiger partial charge in [0.25, 0.3) is 0 Å². The smallest absolute Gasteiger partial charge is 0.248 e. The molecule has 6 aromatic rings. The summed E-state index contributed by atoms with van der Waals surface area (Å²) in [5, 5.41) is 9.05. The van der Waals surface area contributed by atoms with Crippen molar-refractivity contribution in [3.05, 3.63) is 136 Å². The number of carbonyl (C=O) groups is 2. The first kappa shape index (κ1) is 34.4. The lowest BCUT2D eigenvalue weighted by atomic mass is 9.95. The Morgan fingerprint density at radius 3 is 2.38 bits per heavy atom. The van der Waals surface area contributed by atoms with Crippen LogP contribution in [-0.2, 0) is 22.5 Å². The highest BCUT2D eigenvalue weighted by atomic mass is 16.5. The van der Waals surface area contributed by atoms with Crippen molar-refractivity contribution in [2.45, 2.75) is 38.8 Å². The Kier molecular flexibility index (Phi) is 10.5. The summed E-state index contributed by atoms with van der Waals surface area (Å²) in [5.74, 6) is 1.18. The quantitative estimate of drug-likeness (QED) is 0.0838. The van der Waals surface area contributed by atoms with Crippen LogP contribution in [0.15, 0.2) is 112 Å². The number of fused-ring (bicyclic) bond motifs is 2. The number of aryl methyl sites for hydroxylation is 2. The number of nitrogens with zero attached hydrogens (tertiary/aromatic N) is 3. The van der Waals surface area contributed by atoms with Gasteiger partial charge in [-0.3, -0.25) is 14.4 Å². The number of ketones is 2. The van der Waals surface area contributed by atoms with Gasteiger partial charge in [0.2, 0.25) is 11.6 Å². The molecule has 11 heteroatoms. The van der Waals surface area contributed by atoms with E-state index in [9.17, 15) is 14.4 Å². The van der Waals surface area contributed by atoms with Crippen LogP contribution >= 0.6 is 0 Å². The van der Waals surface area contributed by atoms with Gasteiger partial charge in [0.15, 0.2) is 11.5 Å². The Balaban J connectivity index is 0.765. The van der Waals surface area contributed by atoms with Gasteiger partial charge < -0.3 is 23.4 Å². The molecule has 2 aromatic heterocycles. The highest BCUT2D eigenvalue weighted by molar-refractivity contribution is 6.46. The molecule has 1 aliphatic rings. The first-order valence-electron chi connectivity index (χ1n) is 17.2. The van der Waals surface area contributed by atoms with E-state index in [-0.39, 0.29) is 5.43 Å². The van der Waals surface area contributed by atoms with Crippen LogP contribution in [-0.4, -0.2) is 53.0 Å². The van der Waals surface area contributed by atoms with E-state index in [1.807, 2.05) is 55.6 Å². The molecule has 0 saturated carbocycles. The van der Waals surface area contributed by atoms with Gasteiger partial charge in [-0.15, -0.1) is 5.10 Å². The molecule has 4 aromatic carbocycles. The highest BCUT2D eigenvalue weighted by Crippen LogP contribution is 2.33. The summed E-state index contributed by atoms with van der Waals surface area (Å²) in [6.45, 7) is 4.29. The zero-order chi connectivity index (χ0) is 35.9. The van der Waals surface area contributed by atoms with Gasteiger partial charge >= 0.3 is 0 Å². The molecule has 52 heavy (non-hydrogen) atoms. The number of hydrogen-bond acceptors (Lipinski definition) is 10. The van der Waals surface area contributed by atoms with Crippen molar-refractivity contribution in [2.75, 3.05) is 26.4 Å². The molecule has 1 atom stereocenters. The Labute approximate surface area is 299 Å². The number of carbonyl (C=O) groups excluding carboxylic acids is 2. The third kappa shape index (κ3) is 8.11. The van der Waals surface area contributed by atoms with E-state index < -0.39 is 17.7 Å². The number of rotatable bonds is 15. The minimum Gasteiger partial charge on any atom is -0.494 e. The standard InChI is InChI=1S/C41H37N3O8/c1-27-9-18-37-34(24-27)35(45)25-38(51-37)28-10-14-31(15-11-28)49-20-5-4-6-30-26-44(43-42-30)19-21-48-22-23-50-32-16-12-29(13-17-32)41-40(47)39(46)33-7-2-3-8-36(33)52-41/h2-3,7-18,24-26,41H,4-6,19-23H2,1H3. The molecule has 1 unspecified atom stereocenters. The predicted molar refractivity (Wildman–Crippen MR) is 193 cm³/mol. The van der Waals surface area contributed by atoms with E-state index in [4.69, 9.17) is 23.4 Å². The Hall–Kier alpha value is -6.07. The lowest BCUT2D eigenvalue weighted by Gasteiger charge is -2.24. The zero-order valence-corrected chi connectivity index (χ0v) is 28.7. The summed E-state index contributed by atoms with van der Waals surface area (Å²) in [6.07, 6.45) is 3.52. The fourth-order valence-electron chi connectivity index (χ4n) is 5.91. The number of ether oxygens (including phenoxy) is 4. The largest absolute Gasteiger partial charge is 0.494 e. The summed E-state index contributed by atoms with van der Waals surface area (Å²) in [6, 6.07) is 28.4. The maximum Gasteiger partial charge on any atom is 0.248 e. The van der Waals surface area contributed by atoms with Gasteiger partial charge in [0.05, 0.1) is 43.0 Å². The van der Waals surface area contributed by atoms with E-state index in [0.29, 0.717) is 72.3 Å². The second kappa shape index (κ2) is 15.9. The summed E-state index contributed by atoms with van der Waals surface area (Å²) in [4.78, 5) is 37.6. The summed E-state index contributed by atoms with van der Waals surface area (Å²) in [5.41, 5.74) is 4.14. The number of unbranched alkanes of at least 4 members (excludes halogenated alkanes) is 1. The van der Waals surface area contributed by atoms with E-state index in [1.165, 1.54) is 6.07 Å². The van der Waals surface area contributed by atoms with Crippen LogP contribution in [0.4, 0.5) is 0 Å². The molecule has 0 spiro atoms.